The second kappa shape index (κ2) is 15.5. The average Bonchev–Trinajstić information content (AvgIpc) is 3.76. The number of ketones is 1. The number of imidazole rings is 1. The van der Waals surface area contributed by atoms with Crippen LogP contribution in [-0.2, 0) is 47.1 Å². The quantitative estimate of drug-likeness (QED) is 0.0787. The van der Waals surface area contributed by atoms with Gasteiger partial charge in [-0.25, -0.2) is 9.18 Å². The van der Waals surface area contributed by atoms with Crippen LogP contribution in [0, 0.1) is 17.1 Å². The van der Waals surface area contributed by atoms with Crippen molar-refractivity contribution in [1.29, 1.82) is 5.41 Å². The Morgan fingerprint density at radius 2 is 1.82 bits per heavy atom. The van der Waals surface area contributed by atoms with E-state index in [1.807, 2.05) is 0 Å². The summed E-state index contributed by atoms with van der Waals surface area (Å²) < 4.78 is 78.9. The number of halogens is 4. The summed E-state index contributed by atoms with van der Waals surface area (Å²) in [5, 5.41) is 14.4. The molecule has 1 fully saturated rings. The highest BCUT2D eigenvalue weighted by molar-refractivity contribution is 6.04. The molecule has 0 bridgehead atoms. The first-order valence-corrected chi connectivity index (χ1v) is 18.0. The summed E-state index contributed by atoms with van der Waals surface area (Å²) >= 11 is 0. The number of carbonyl (C=O) groups is 4. The van der Waals surface area contributed by atoms with Gasteiger partial charge in [0.15, 0.2) is 29.7 Å². The SMILES string of the molecule is CCn1cc(-c2cc(Cn3ccn(C)c3=N)cc3c2OCC(Cc2ccc(F)c(OC(=O)COc4cccc(C5CCC(=O)NC5=O)c4)c2)C3=O)c(C(F)(F)F)n1. The molecule has 1 saturated heterocycles. The summed E-state index contributed by atoms with van der Waals surface area (Å²) in [6.07, 6.45) is 0.290. The van der Waals surface area contributed by atoms with E-state index in [0.717, 1.165) is 10.7 Å². The number of nitrogens with one attached hydrogen (secondary N) is 2. The van der Waals surface area contributed by atoms with Crippen LogP contribution < -0.4 is 25.1 Å². The number of nitrogens with zero attached hydrogens (tertiary/aromatic N) is 4. The summed E-state index contributed by atoms with van der Waals surface area (Å²) in [6.45, 7) is 1.08. The number of amides is 2. The number of carbonyl (C=O) groups excluding carboxylic acids is 4. The maximum absolute atomic E-state index is 14.9. The predicted octanol–water partition coefficient (Wildman–Crippen LogP) is 5.33. The molecule has 0 aliphatic carbocycles. The molecule has 17 heteroatoms. The van der Waals surface area contributed by atoms with Gasteiger partial charge in [0.1, 0.15) is 11.5 Å². The van der Waals surface area contributed by atoms with E-state index in [1.54, 1.807) is 65.8 Å². The Hall–Kier alpha value is -6.52. The van der Waals surface area contributed by atoms with Gasteiger partial charge in [0.2, 0.25) is 17.4 Å². The minimum Gasteiger partial charge on any atom is -0.491 e. The van der Waals surface area contributed by atoms with Gasteiger partial charge in [-0.05, 0) is 72.9 Å². The number of imide groups is 1. The number of alkyl halides is 3. The van der Waals surface area contributed by atoms with Gasteiger partial charge in [0.25, 0.3) is 0 Å². The lowest BCUT2D eigenvalue weighted by atomic mass is 9.86. The smallest absolute Gasteiger partial charge is 0.435 e. The fraction of sp³-hybridized carbons (Fsp3) is 0.300. The summed E-state index contributed by atoms with van der Waals surface area (Å²) in [5.74, 6) is -4.56. The van der Waals surface area contributed by atoms with Gasteiger partial charge in [-0.1, -0.05) is 18.2 Å². The second-order valence-electron chi connectivity index (χ2n) is 13.8. The summed E-state index contributed by atoms with van der Waals surface area (Å²) in [6, 6.07) is 13.3. The van der Waals surface area contributed by atoms with E-state index < -0.39 is 59.5 Å². The number of aryl methyl sites for hydroxylation is 2. The van der Waals surface area contributed by atoms with Gasteiger partial charge in [-0.2, -0.15) is 18.3 Å². The molecule has 2 atom stereocenters. The third-order valence-electron chi connectivity index (χ3n) is 9.85. The zero-order chi connectivity index (χ0) is 40.6. The van der Waals surface area contributed by atoms with Crippen LogP contribution in [0.5, 0.6) is 17.2 Å². The fourth-order valence-corrected chi connectivity index (χ4v) is 6.95. The van der Waals surface area contributed by atoms with Crippen molar-refractivity contribution >= 4 is 23.6 Å². The molecule has 2 amide bonds. The van der Waals surface area contributed by atoms with Crippen LogP contribution in [-0.4, -0.2) is 55.7 Å². The molecule has 2 unspecified atom stereocenters. The topological polar surface area (TPSA) is 160 Å². The van der Waals surface area contributed by atoms with Gasteiger partial charge in [0.05, 0.1) is 30.6 Å². The van der Waals surface area contributed by atoms with Gasteiger partial charge in [-0.15, -0.1) is 0 Å². The molecule has 13 nitrogen and oxygen atoms in total. The molecule has 0 radical (unpaired) electrons. The first-order chi connectivity index (χ1) is 27.2. The monoisotopic (exact) mass is 788 g/mol. The number of hydrogen-bond acceptors (Lipinski definition) is 9. The maximum Gasteiger partial charge on any atom is 0.435 e. The van der Waals surface area contributed by atoms with Gasteiger partial charge in [-0.3, -0.25) is 29.8 Å². The lowest BCUT2D eigenvalue weighted by Gasteiger charge is -2.27. The molecule has 296 valence electrons. The van der Waals surface area contributed by atoms with Crippen molar-refractivity contribution in [3.8, 4) is 28.4 Å². The largest absolute Gasteiger partial charge is 0.491 e. The molecule has 5 aromatic rings. The van der Waals surface area contributed by atoms with Crippen LogP contribution in [0.2, 0.25) is 0 Å². The van der Waals surface area contributed by atoms with Crippen LogP contribution >= 0.6 is 0 Å². The molecule has 0 saturated carbocycles. The number of ether oxygens (including phenoxy) is 3. The highest BCUT2D eigenvalue weighted by Crippen LogP contribution is 2.44. The van der Waals surface area contributed by atoms with E-state index in [-0.39, 0.29) is 72.3 Å². The molecule has 3 aromatic carbocycles. The van der Waals surface area contributed by atoms with E-state index in [2.05, 4.69) is 10.4 Å². The van der Waals surface area contributed by atoms with Crippen LogP contribution in [0.25, 0.3) is 11.1 Å². The molecule has 7 rings (SSSR count). The number of Topliss-reactive ketones (excluding diaryl/α,β-unsaturated/α-hetero) is 1. The number of rotatable bonds is 11. The Labute approximate surface area is 322 Å². The van der Waals surface area contributed by atoms with Crippen molar-refractivity contribution < 1.29 is 51.0 Å². The van der Waals surface area contributed by atoms with Crippen molar-refractivity contribution in [2.24, 2.45) is 13.0 Å². The summed E-state index contributed by atoms with van der Waals surface area (Å²) in [4.78, 5) is 50.7. The molecule has 57 heavy (non-hydrogen) atoms. The third kappa shape index (κ3) is 8.22. The number of esters is 1. The standard InChI is InChI=1S/C40H36F4N6O7/c1-3-50-19-30(37(47-50)40(42,43)44)28-14-23(18-49-12-11-48(2)39(49)45)15-29-35(53)25(20-56-36(28)29)13-22-7-9-31(41)32(16-22)57-34(52)21-55-26-6-4-5-24(17-26)27-8-10-33(51)46-38(27)54/h4-7,9,11-12,14-17,19,25,27,45H,3,8,10,13,18,20-21H2,1-2H3,(H,46,51,54). The number of aromatic nitrogens is 4. The molecule has 2 aromatic heterocycles. The minimum absolute atomic E-state index is 0.0121. The Balaban J connectivity index is 1.10. The lowest BCUT2D eigenvalue weighted by molar-refractivity contribution is -0.141. The lowest BCUT2D eigenvalue weighted by Crippen LogP contribution is -2.39. The van der Waals surface area contributed by atoms with E-state index in [4.69, 9.17) is 19.6 Å². The number of fused-ring (bicyclic) bond motifs is 1. The van der Waals surface area contributed by atoms with E-state index in [9.17, 15) is 36.7 Å². The van der Waals surface area contributed by atoms with Crippen LogP contribution in [0.3, 0.4) is 0 Å². The van der Waals surface area contributed by atoms with Gasteiger partial charge < -0.3 is 23.3 Å². The van der Waals surface area contributed by atoms with Crippen molar-refractivity contribution in [3.05, 3.63) is 113 Å². The first kappa shape index (κ1) is 38.7. The molecule has 2 aliphatic rings. The average molecular weight is 789 g/mol. The highest BCUT2D eigenvalue weighted by Gasteiger charge is 2.40. The van der Waals surface area contributed by atoms with E-state index in [1.165, 1.54) is 24.4 Å². The highest BCUT2D eigenvalue weighted by atomic mass is 19.4. The Bertz CT molecular complexity index is 2470. The summed E-state index contributed by atoms with van der Waals surface area (Å²) in [7, 11) is 1.68. The van der Waals surface area contributed by atoms with Crippen LogP contribution in [0.15, 0.2) is 73.2 Å². The van der Waals surface area contributed by atoms with E-state index in [0.29, 0.717) is 23.1 Å². The van der Waals surface area contributed by atoms with Gasteiger partial charge in [0, 0.05) is 49.7 Å². The van der Waals surface area contributed by atoms with Crippen LogP contribution in [0.4, 0.5) is 17.6 Å². The Kier molecular flexibility index (Phi) is 10.6. The van der Waals surface area contributed by atoms with Gasteiger partial charge >= 0.3 is 12.1 Å². The number of benzene rings is 3. The first-order valence-electron chi connectivity index (χ1n) is 18.0. The maximum atomic E-state index is 14.9. The van der Waals surface area contributed by atoms with Crippen molar-refractivity contribution in [2.75, 3.05) is 13.2 Å². The third-order valence-corrected chi connectivity index (χ3v) is 9.85. The molecule has 4 heterocycles. The Morgan fingerprint density at radius 1 is 1.04 bits per heavy atom. The zero-order valence-corrected chi connectivity index (χ0v) is 30.7. The molecular weight excluding hydrogens is 752 g/mol. The molecule has 2 aliphatic heterocycles. The second-order valence-corrected chi connectivity index (χ2v) is 13.8. The summed E-state index contributed by atoms with van der Waals surface area (Å²) in [5.41, 5.74) is 0.283. The molecular formula is C40H36F4N6O7. The number of piperidine rings is 1. The van der Waals surface area contributed by atoms with Crippen molar-refractivity contribution in [3.63, 3.8) is 0 Å². The minimum atomic E-state index is -4.80. The van der Waals surface area contributed by atoms with Crippen LogP contribution in [0.1, 0.15) is 58.4 Å². The number of hydrogen-bond donors (Lipinski definition) is 2. The predicted molar refractivity (Wildman–Crippen MR) is 193 cm³/mol. The van der Waals surface area contributed by atoms with Crippen molar-refractivity contribution in [2.45, 2.75) is 51.4 Å². The fourth-order valence-electron chi connectivity index (χ4n) is 6.95. The Morgan fingerprint density at radius 3 is 2.54 bits per heavy atom. The zero-order valence-electron chi connectivity index (χ0n) is 30.7. The molecule has 0 spiro atoms. The van der Waals surface area contributed by atoms with E-state index >= 15 is 0 Å². The normalized spacial score (nSPS) is 16.8. The van der Waals surface area contributed by atoms with Crippen molar-refractivity contribution in [1.82, 2.24) is 24.2 Å². The molecule has 2 N–H and O–H groups in total.